The van der Waals surface area contributed by atoms with Gasteiger partial charge in [0.15, 0.2) is 5.16 Å². The second kappa shape index (κ2) is 12.9. The maximum Gasteiger partial charge on any atom is 0.255 e. The Balaban J connectivity index is 1.44. The quantitative estimate of drug-likeness (QED) is 0.207. The fourth-order valence-corrected chi connectivity index (χ4v) is 4.88. The minimum Gasteiger partial charge on any atom is -0.396 e. The van der Waals surface area contributed by atoms with Gasteiger partial charge in [-0.15, -0.1) is 0 Å². The van der Waals surface area contributed by atoms with Crippen LogP contribution in [0.3, 0.4) is 0 Å². The molecule has 0 spiro atoms. The van der Waals surface area contributed by atoms with Crippen molar-refractivity contribution in [2.24, 2.45) is 0 Å². The average Bonchev–Trinajstić information content (AvgIpc) is 2.91. The highest BCUT2D eigenvalue weighted by atomic mass is 35.5. The van der Waals surface area contributed by atoms with Crippen molar-refractivity contribution in [3.05, 3.63) is 116 Å². The predicted octanol–water partition coefficient (Wildman–Crippen LogP) is 5.26. The molecule has 0 saturated heterocycles. The first-order valence-corrected chi connectivity index (χ1v) is 13.4. The molecular weight excluding hydrogens is 525 g/mol. The van der Waals surface area contributed by atoms with Gasteiger partial charge in [-0.05, 0) is 46.5 Å². The summed E-state index contributed by atoms with van der Waals surface area (Å²) >= 11 is 7.26. The molecule has 4 aromatic rings. The Bertz CT molecular complexity index is 1440. The molecule has 1 heterocycles. The fourth-order valence-electron chi connectivity index (χ4n) is 3.92. The lowest BCUT2D eigenvalue weighted by Crippen LogP contribution is -2.30. The monoisotopic (exact) mass is 551 g/mol. The van der Waals surface area contributed by atoms with E-state index < -0.39 is 0 Å². The highest BCUT2D eigenvalue weighted by Gasteiger charge is 2.18. The van der Waals surface area contributed by atoms with Gasteiger partial charge in [-0.2, -0.15) is 0 Å². The molecule has 38 heavy (non-hydrogen) atoms. The van der Waals surface area contributed by atoms with Crippen LogP contribution in [0.5, 0.6) is 0 Å². The topological polar surface area (TPSA) is 86.3 Å². The Morgan fingerprint density at radius 3 is 2.24 bits per heavy atom. The van der Waals surface area contributed by atoms with E-state index in [0.717, 1.165) is 22.3 Å². The summed E-state index contributed by atoms with van der Waals surface area (Å²) < 4.78 is 13.2. The molecule has 1 aromatic heterocycles. The summed E-state index contributed by atoms with van der Waals surface area (Å²) in [6.07, 6.45) is 0.0342. The molecule has 0 saturated carbocycles. The third-order valence-corrected chi connectivity index (χ3v) is 7.22. The van der Waals surface area contributed by atoms with Gasteiger partial charge in [0.2, 0.25) is 5.91 Å². The molecule has 6 nitrogen and oxygen atoms in total. The Hall–Kier alpha value is -3.46. The molecule has 0 unspecified atom stereocenters. The van der Waals surface area contributed by atoms with Gasteiger partial charge >= 0.3 is 0 Å². The molecule has 0 aliphatic heterocycles. The van der Waals surface area contributed by atoms with Crippen LogP contribution < -0.4 is 5.56 Å². The summed E-state index contributed by atoms with van der Waals surface area (Å²) in [7, 11) is 1.71. The SMILES string of the molecule is CN(Cc1ccc(-c2ccc(Cl)cc2)cc1)C(=O)Cc1nc(SCc2ccc(F)cc2)[nH]c(=O)c1CCO. The number of aliphatic hydroxyl groups is 1. The lowest BCUT2D eigenvalue weighted by atomic mass is 10.0. The van der Waals surface area contributed by atoms with Gasteiger partial charge in [0.25, 0.3) is 5.56 Å². The van der Waals surface area contributed by atoms with Crippen LogP contribution in [0.1, 0.15) is 22.4 Å². The van der Waals surface area contributed by atoms with Crippen LogP contribution in [0.15, 0.2) is 82.7 Å². The minimum atomic E-state index is -0.376. The minimum absolute atomic E-state index is 0.0667. The number of benzene rings is 3. The molecule has 4 rings (SSSR count). The second-order valence-corrected chi connectivity index (χ2v) is 10.2. The van der Waals surface area contributed by atoms with Gasteiger partial charge in [-0.1, -0.05) is 71.9 Å². The zero-order chi connectivity index (χ0) is 27.1. The number of nitrogens with zero attached hydrogens (tertiary/aromatic N) is 2. The fraction of sp³-hybridized carbons (Fsp3) is 0.207. The molecular formula is C29H27ClFN3O3S. The zero-order valence-electron chi connectivity index (χ0n) is 20.8. The molecule has 2 N–H and O–H groups in total. The number of aromatic nitrogens is 2. The summed E-state index contributed by atoms with van der Waals surface area (Å²) in [6.45, 7) is 0.161. The largest absolute Gasteiger partial charge is 0.396 e. The second-order valence-electron chi connectivity index (χ2n) is 8.82. The lowest BCUT2D eigenvalue weighted by Gasteiger charge is -2.18. The Kier molecular flexibility index (Phi) is 9.33. The maximum absolute atomic E-state index is 13.2. The predicted molar refractivity (Wildman–Crippen MR) is 149 cm³/mol. The van der Waals surface area contributed by atoms with Crippen molar-refractivity contribution < 1.29 is 14.3 Å². The van der Waals surface area contributed by atoms with E-state index in [1.807, 2.05) is 48.5 Å². The van der Waals surface area contributed by atoms with Crippen molar-refractivity contribution in [1.82, 2.24) is 14.9 Å². The number of likely N-dealkylation sites (N-methyl/N-ethyl adjacent to an activating group) is 1. The smallest absolute Gasteiger partial charge is 0.255 e. The maximum atomic E-state index is 13.2. The number of amides is 1. The lowest BCUT2D eigenvalue weighted by molar-refractivity contribution is -0.129. The normalized spacial score (nSPS) is 10.9. The molecule has 9 heteroatoms. The molecule has 0 aliphatic rings. The van der Waals surface area contributed by atoms with Gasteiger partial charge in [-0.3, -0.25) is 9.59 Å². The van der Waals surface area contributed by atoms with E-state index in [1.54, 1.807) is 24.1 Å². The summed E-state index contributed by atoms with van der Waals surface area (Å²) in [4.78, 5) is 34.6. The first kappa shape index (κ1) is 27.6. The van der Waals surface area contributed by atoms with E-state index in [9.17, 15) is 19.1 Å². The van der Waals surface area contributed by atoms with Crippen molar-refractivity contribution >= 4 is 29.3 Å². The van der Waals surface area contributed by atoms with Gasteiger partial charge in [-0.25, -0.2) is 9.37 Å². The highest BCUT2D eigenvalue weighted by Crippen LogP contribution is 2.23. The Morgan fingerprint density at radius 2 is 1.61 bits per heavy atom. The van der Waals surface area contributed by atoms with E-state index >= 15 is 0 Å². The van der Waals surface area contributed by atoms with Crippen LogP contribution in [-0.4, -0.2) is 39.5 Å². The molecule has 1 amide bonds. The molecule has 3 aromatic carbocycles. The van der Waals surface area contributed by atoms with Crippen molar-refractivity contribution in [2.75, 3.05) is 13.7 Å². The summed E-state index contributed by atoms with van der Waals surface area (Å²) in [5, 5.41) is 10.5. The van der Waals surface area contributed by atoms with E-state index in [2.05, 4.69) is 9.97 Å². The number of hydrogen-bond acceptors (Lipinski definition) is 5. The van der Waals surface area contributed by atoms with Crippen LogP contribution in [0.4, 0.5) is 4.39 Å². The molecule has 0 fully saturated rings. The van der Waals surface area contributed by atoms with E-state index in [1.165, 1.54) is 23.9 Å². The first-order chi connectivity index (χ1) is 18.3. The number of thioether (sulfide) groups is 1. The number of H-pyrrole nitrogens is 1. The molecule has 0 radical (unpaired) electrons. The van der Waals surface area contributed by atoms with Crippen molar-refractivity contribution in [3.63, 3.8) is 0 Å². The van der Waals surface area contributed by atoms with E-state index in [-0.39, 0.29) is 36.7 Å². The summed E-state index contributed by atoms with van der Waals surface area (Å²) in [6, 6.07) is 21.6. The van der Waals surface area contributed by atoms with Crippen LogP contribution in [0, 0.1) is 5.82 Å². The van der Waals surface area contributed by atoms with Gasteiger partial charge < -0.3 is 15.0 Å². The Morgan fingerprint density at radius 1 is 1.00 bits per heavy atom. The first-order valence-electron chi connectivity index (χ1n) is 12.0. The summed E-state index contributed by atoms with van der Waals surface area (Å²) in [5.41, 5.74) is 4.20. The molecule has 0 bridgehead atoms. The van der Waals surface area contributed by atoms with E-state index in [0.29, 0.717) is 33.7 Å². The third-order valence-electron chi connectivity index (χ3n) is 6.03. The standard InChI is InChI=1S/C29H27ClFN3O3S/c1-34(17-19-2-6-21(7-3-19)22-8-10-23(30)11-9-22)27(36)16-26-25(14-15-35)28(37)33-29(32-26)38-18-20-4-12-24(31)13-5-20/h2-13,35H,14-18H2,1H3,(H,32,33,37). The number of carbonyl (C=O) groups is 1. The number of carbonyl (C=O) groups excluding carboxylic acids is 1. The molecule has 0 aliphatic carbocycles. The molecule has 0 atom stereocenters. The number of hydrogen-bond donors (Lipinski definition) is 2. The van der Waals surface area contributed by atoms with Gasteiger partial charge in [0.05, 0.1) is 12.1 Å². The van der Waals surface area contributed by atoms with Gasteiger partial charge in [0.1, 0.15) is 5.82 Å². The number of aromatic amines is 1. The number of rotatable bonds is 10. The van der Waals surface area contributed by atoms with E-state index in [4.69, 9.17) is 11.6 Å². The number of nitrogens with one attached hydrogen (secondary N) is 1. The number of halogens is 2. The summed E-state index contributed by atoms with van der Waals surface area (Å²) in [5.74, 6) is -0.0402. The van der Waals surface area contributed by atoms with Crippen LogP contribution in [-0.2, 0) is 29.9 Å². The van der Waals surface area contributed by atoms with Crippen LogP contribution >= 0.6 is 23.4 Å². The van der Waals surface area contributed by atoms with Crippen molar-refractivity contribution in [3.8, 4) is 11.1 Å². The van der Waals surface area contributed by atoms with Gasteiger partial charge in [0, 0.05) is 43.0 Å². The number of aliphatic hydroxyl groups excluding tert-OH is 1. The zero-order valence-corrected chi connectivity index (χ0v) is 22.4. The molecule has 196 valence electrons. The average molecular weight is 552 g/mol. The van der Waals surface area contributed by atoms with Crippen molar-refractivity contribution in [2.45, 2.75) is 30.3 Å². The van der Waals surface area contributed by atoms with Crippen molar-refractivity contribution in [1.29, 1.82) is 0 Å². The highest BCUT2D eigenvalue weighted by molar-refractivity contribution is 7.98. The Labute approximate surface area is 229 Å². The van der Waals surface area contributed by atoms with Crippen LogP contribution in [0.2, 0.25) is 5.02 Å². The third kappa shape index (κ3) is 7.31. The van der Waals surface area contributed by atoms with Crippen LogP contribution in [0.25, 0.3) is 11.1 Å².